The van der Waals surface area contributed by atoms with Gasteiger partial charge in [-0.1, -0.05) is 6.92 Å². The van der Waals surface area contributed by atoms with Crippen molar-refractivity contribution in [2.75, 3.05) is 19.3 Å². The smallest absolute Gasteiger partial charge is 0.234 e. The molecule has 0 amide bonds. The number of halogens is 3. The summed E-state index contributed by atoms with van der Waals surface area (Å²) in [5.74, 6) is -0.981. The zero-order chi connectivity index (χ0) is 22.6. The van der Waals surface area contributed by atoms with E-state index in [0.717, 1.165) is 23.5 Å². The zero-order valence-corrected chi connectivity index (χ0v) is 18.9. The zero-order valence-electron chi connectivity index (χ0n) is 18.1. The van der Waals surface area contributed by atoms with Crippen molar-refractivity contribution in [2.45, 2.75) is 64.0 Å². The van der Waals surface area contributed by atoms with Crippen molar-refractivity contribution >= 4 is 15.7 Å². The first-order valence-corrected chi connectivity index (χ1v) is 12.7. The predicted octanol–water partition coefficient (Wildman–Crippen LogP) is 4.26. The van der Waals surface area contributed by atoms with E-state index in [2.05, 4.69) is 11.9 Å². The Kier molecular flexibility index (Phi) is 5.83. The highest BCUT2D eigenvalue weighted by atomic mass is 32.2. The van der Waals surface area contributed by atoms with Crippen LogP contribution in [0.2, 0.25) is 0 Å². The van der Waals surface area contributed by atoms with Gasteiger partial charge in [-0.25, -0.2) is 22.2 Å². The second-order valence-corrected chi connectivity index (χ2v) is 11.2. The lowest BCUT2D eigenvalue weighted by atomic mass is 9.80. The molecule has 0 spiro atoms. The van der Waals surface area contributed by atoms with Gasteiger partial charge in [0, 0.05) is 36.7 Å². The molecule has 2 aromatic rings. The summed E-state index contributed by atoms with van der Waals surface area (Å²) in [7, 11) is -3.29. The van der Waals surface area contributed by atoms with Crippen LogP contribution in [0.5, 0.6) is 0 Å². The van der Waals surface area contributed by atoms with Gasteiger partial charge in [-0.2, -0.15) is 18.3 Å². The summed E-state index contributed by atoms with van der Waals surface area (Å²) in [6.45, 7) is 4.92. The number of hydrogen-bond acceptors (Lipinski definition) is 4. The fraction of sp³-hybridized carbons (Fsp3) is 0.714. The van der Waals surface area contributed by atoms with E-state index in [0.29, 0.717) is 31.6 Å². The van der Waals surface area contributed by atoms with Gasteiger partial charge in [0.1, 0.15) is 0 Å². The van der Waals surface area contributed by atoms with E-state index in [-0.39, 0.29) is 30.6 Å². The van der Waals surface area contributed by atoms with Crippen LogP contribution in [0, 0.1) is 18.8 Å². The van der Waals surface area contributed by atoms with Gasteiger partial charge in [-0.05, 0) is 51.0 Å². The van der Waals surface area contributed by atoms with Gasteiger partial charge in [-0.3, -0.25) is 0 Å². The lowest BCUT2D eigenvalue weighted by Crippen LogP contribution is -2.42. The Balaban J connectivity index is 1.64. The Morgan fingerprint density at radius 3 is 2.39 bits per heavy atom. The maximum absolute atomic E-state index is 13.0. The molecule has 10 heteroatoms. The van der Waals surface area contributed by atoms with E-state index < -0.39 is 22.1 Å². The van der Waals surface area contributed by atoms with Crippen molar-refractivity contribution in [1.82, 2.24) is 18.9 Å². The fourth-order valence-corrected chi connectivity index (χ4v) is 5.92. The molecule has 2 aromatic heterocycles. The van der Waals surface area contributed by atoms with Crippen LogP contribution in [-0.2, 0) is 10.0 Å². The average molecular weight is 459 g/mol. The highest BCUT2D eigenvalue weighted by Crippen LogP contribution is 2.43. The fourth-order valence-electron chi connectivity index (χ4n) is 5.05. The number of fused-ring (bicyclic) bond motifs is 1. The quantitative estimate of drug-likeness (QED) is 0.689. The Morgan fingerprint density at radius 1 is 1.10 bits per heavy atom. The molecule has 2 atom stereocenters. The van der Waals surface area contributed by atoms with Gasteiger partial charge < -0.3 is 0 Å². The van der Waals surface area contributed by atoms with E-state index in [1.807, 2.05) is 19.1 Å². The minimum Gasteiger partial charge on any atom is -0.234 e. The summed E-state index contributed by atoms with van der Waals surface area (Å²) >= 11 is 0. The predicted molar refractivity (Wildman–Crippen MR) is 111 cm³/mol. The Labute approximate surface area is 180 Å². The normalized spacial score (nSPS) is 28.8. The van der Waals surface area contributed by atoms with E-state index >= 15 is 0 Å². The summed E-state index contributed by atoms with van der Waals surface area (Å²) < 4.78 is 66.6. The number of aromatic nitrogens is 3. The maximum Gasteiger partial charge on any atom is 0.391 e. The molecule has 6 nitrogen and oxygen atoms in total. The molecule has 0 unspecified atom stereocenters. The molecule has 1 saturated heterocycles. The highest BCUT2D eigenvalue weighted by Gasteiger charge is 2.42. The summed E-state index contributed by atoms with van der Waals surface area (Å²) in [6, 6.07) is 3.84. The van der Waals surface area contributed by atoms with Gasteiger partial charge >= 0.3 is 6.18 Å². The summed E-state index contributed by atoms with van der Waals surface area (Å²) in [5.41, 5.74) is 3.19. The summed E-state index contributed by atoms with van der Waals surface area (Å²) in [5, 5.41) is 4.77. The van der Waals surface area contributed by atoms with Crippen LogP contribution in [0.15, 0.2) is 12.1 Å². The first-order valence-electron chi connectivity index (χ1n) is 10.8. The number of nitrogens with zero attached hydrogens (tertiary/aromatic N) is 4. The molecule has 1 aliphatic heterocycles. The van der Waals surface area contributed by atoms with Gasteiger partial charge in [0.15, 0.2) is 5.65 Å². The van der Waals surface area contributed by atoms with Crippen LogP contribution in [0.3, 0.4) is 0 Å². The summed E-state index contributed by atoms with van der Waals surface area (Å²) in [6.07, 6.45) is -0.950. The van der Waals surface area contributed by atoms with Crippen molar-refractivity contribution in [1.29, 1.82) is 0 Å². The minimum atomic E-state index is -4.13. The second-order valence-electron chi connectivity index (χ2n) is 9.25. The maximum atomic E-state index is 13.0. The third kappa shape index (κ3) is 4.60. The first-order chi connectivity index (χ1) is 14.4. The third-order valence-electron chi connectivity index (χ3n) is 6.98. The number of hydrogen-bond donors (Lipinski definition) is 0. The number of piperidine rings is 1. The van der Waals surface area contributed by atoms with Crippen molar-refractivity contribution in [3.05, 3.63) is 29.2 Å². The molecule has 1 aliphatic carbocycles. The van der Waals surface area contributed by atoms with Crippen molar-refractivity contribution in [3.63, 3.8) is 0 Å². The number of alkyl halides is 3. The van der Waals surface area contributed by atoms with Crippen LogP contribution < -0.4 is 0 Å². The standard InChI is InChI=1S/C21H29F3N4O2S/c1-13-8-9-27(31(3,29)30)12-17(13)19-10-14(2)25-20-11-18(26-28(19)20)15-4-6-16(7-5-15)21(22,23)24/h10-11,13,15-17H,4-9,12H2,1-3H3/t13-,15-,16-,17+/m1/s1. The van der Waals surface area contributed by atoms with Crippen LogP contribution in [-0.4, -0.2) is 52.8 Å². The van der Waals surface area contributed by atoms with Gasteiger partial charge in [0.05, 0.1) is 23.6 Å². The minimum absolute atomic E-state index is 0.00949. The lowest BCUT2D eigenvalue weighted by molar-refractivity contribution is -0.182. The number of rotatable bonds is 3. The molecule has 172 valence electrons. The molecule has 0 aromatic carbocycles. The lowest BCUT2D eigenvalue weighted by Gasteiger charge is -2.35. The molecule has 2 fully saturated rings. The van der Waals surface area contributed by atoms with Crippen LogP contribution in [0.25, 0.3) is 5.65 Å². The van der Waals surface area contributed by atoms with Crippen molar-refractivity contribution in [2.24, 2.45) is 11.8 Å². The van der Waals surface area contributed by atoms with E-state index in [4.69, 9.17) is 5.10 Å². The summed E-state index contributed by atoms with van der Waals surface area (Å²) in [4.78, 5) is 4.58. The van der Waals surface area contributed by atoms with Crippen molar-refractivity contribution in [3.8, 4) is 0 Å². The largest absolute Gasteiger partial charge is 0.391 e. The average Bonchev–Trinajstić information content (AvgIpc) is 3.10. The molecular weight excluding hydrogens is 429 g/mol. The number of sulfonamides is 1. The third-order valence-corrected chi connectivity index (χ3v) is 8.25. The number of aryl methyl sites for hydroxylation is 1. The highest BCUT2D eigenvalue weighted by molar-refractivity contribution is 7.88. The molecular formula is C21H29F3N4O2S. The van der Waals surface area contributed by atoms with E-state index in [1.165, 1.54) is 10.6 Å². The monoisotopic (exact) mass is 458 g/mol. The Hall–Kier alpha value is -1.68. The van der Waals surface area contributed by atoms with Gasteiger partial charge in [0.25, 0.3) is 0 Å². The topological polar surface area (TPSA) is 67.6 Å². The Bertz CT molecular complexity index is 1060. The van der Waals surface area contributed by atoms with Gasteiger partial charge in [0.2, 0.25) is 10.0 Å². The molecule has 2 aliphatic rings. The first kappa shape index (κ1) is 22.5. The Morgan fingerprint density at radius 2 is 1.77 bits per heavy atom. The van der Waals surface area contributed by atoms with Crippen LogP contribution in [0.1, 0.15) is 67.9 Å². The molecule has 1 saturated carbocycles. The molecule has 0 radical (unpaired) electrons. The SMILES string of the molecule is Cc1cc([C@H]2CN(S(C)(=O)=O)CC[C@H]2C)n2nc([C@H]3CC[C@H](C(F)(F)F)CC3)cc2n1. The molecule has 4 rings (SSSR count). The second kappa shape index (κ2) is 8.03. The molecule has 0 bridgehead atoms. The van der Waals surface area contributed by atoms with Crippen LogP contribution >= 0.6 is 0 Å². The molecule has 0 N–H and O–H groups in total. The molecule has 31 heavy (non-hydrogen) atoms. The molecule has 3 heterocycles. The van der Waals surface area contributed by atoms with Crippen molar-refractivity contribution < 1.29 is 21.6 Å². The van der Waals surface area contributed by atoms with Gasteiger partial charge in [-0.15, -0.1) is 0 Å². The van der Waals surface area contributed by atoms with E-state index in [1.54, 1.807) is 4.52 Å². The van der Waals surface area contributed by atoms with E-state index in [9.17, 15) is 21.6 Å². The van der Waals surface area contributed by atoms with Crippen LogP contribution in [0.4, 0.5) is 13.2 Å².